The molecule has 2 aromatic carbocycles. The van der Waals surface area contributed by atoms with E-state index in [-0.39, 0.29) is 24.2 Å². The maximum Gasteiger partial charge on any atom is 0.244 e. The van der Waals surface area contributed by atoms with Gasteiger partial charge in [-0.25, -0.2) is 4.39 Å². The molecule has 0 aromatic heterocycles. The number of hydrogen-bond donors (Lipinski definition) is 2. The summed E-state index contributed by atoms with van der Waals surface area (Å²) in [6, 6.07) is 12.5. The van der Waals surface area contributed by atoms with Crippen molar-refractivity contribution in [1.29, 1.82) is 0 Å². The Bertz CT molecular complexity index is 765. The second-order valence-corrected chi connectivity index (χ2v) is 5.95. The van der Waals surface area contributed by atoms with Crippen LogP contribution in [0.2, 0.25) is 0 Å². The first-order chi connectivity index (χ1) is 13.0. The zero-order chi connectivity index (χ0) is 19.6. The fourth-order valence-electron chi connectivity index (χ4n) is 2.44. The molecule has 2 aromatic rings. The summed E-state index contributed by atoms with van der Waals surface area (Å²) in [6.45, 7) is 1.88. The predicted molar refractivity (Wildman–Crippen MR) is 99.1 cm³/mol. The highest BCUT2D eigenvalue weighted by atomic mass is 19.1. The van der Waals surface area contributed by atoms with E-state index in [0.29, 0.717) is 24.5 Å². The van der Waals surface area contributed by atoms with Crippen LogP contribution in [0.5, 0.6) is 11.5 Å². The standard InChI is InChI=1S/C20H23FN2O4/c1-14(24)23-19(13-26-2)20(25)22-11-10-15-6-8-17(9-7-15)27-18-5-3-4-16(21)12-18/h3-9,12,19H,10-11,13H2,1-2H3,(H,22,25)(H,23,24)/t19-/m1/s1. The summed E-state index contributed by atoms with van der Waals surface area (Å²) in [5.74, 6) is 0.0847. The van der Waals surface area contributed by atoms with Crippen LogP contribution in [-0.2, 0) is 20.7 Å². The molecule has 6 nitrogen and oxygen atoms in total. The highest BCUT2D eigenvalue weighted by molar-refractivity contribution is 5.86. The van der Waals surface area contributed by atoms with Crippen LogP contribution in [0.1, 0.15) is 12.5 Å². The number of nitrogens with one attached hydrogen (secondary N) is 2. The highest BCUT2D eigenvalue weighted by Gasteiger charge is 2.18. The van der Waals surface area contributed by atoms with Gasteiger partial charge in [0.1, 0.15) is 23.4 Å². The summed E-state index contributed by atoms with van der Waals surface area (Å²) < 4.78 is 23.7. The lowest BCUT2D eigenvalue weighted by Gasteiger charge is -2.16. The molecule has 0 heterocycles. The Morgan fingerprint density at radius 1 is 1.11 bits per heavy atom. The number of amides is 2. The second-order valence-electron chi connectivity index (χ2n) is 5.95. The van der Waals surface area contributed by atoms with Gasteiger partial charge in [0.05, 0.1) is 6.61 Å². The van der Waals surface area contributed by atoms with E-state index < -0.39 is 6.04 Å². The lowest BCUT2D eigenvalue weighted by atomic mass is 10.1. The van der Waals surface area contributed by atoms with Gasteiger partial charge in [-0.3, -0.25) is 9.59 Å². The van der Waals surface area contributed by atoms with Gasteiger partial charge in [0.15, 0.2) is 0 Å². The molecule has 0 spiro atoms. The molecular formula is C20H23FN2O4. The molecule has 0 aliphatic rings. The maximum absolute atomic E-state index is 13.2. The van der Waals surface area contributed by atoms with Crippen LogP contribution in [0.3, 0.4) is 0 Å². The third kappa shape index (κ3) is 7.07. The number of benzene rings is 2. The van der Waals surface area contributed by atoms with Gasteiger partial charge in [0.2, 0.25) is 11.8 Å². The Morgan fingerprint density at radius 2 is 1.85 bits per heavy atom. The van der Waals surface area contributed by atoms with Gasteiger partial charge >= 0.3 is 0 Å². The Balaban J connectivity index is 1.82. The van der Waals surface area contributed by atoms with Crippen molar-refractivity contribution in [2.75, 3.05) is 20.3 Å². The number of carbonyl (C=O) groups is 2. The molecule has 2 rings (SSSR count). The molecule has 7 heteroatoms. The summed E-state index contributed by atoms with van der Waals surface area (Å²) in [5, 5.41) is 5.32. The summed E-state index contributed by atoms with van der Waals surface area (Å²) in [6.07, 6.45) is 0.617. The Kier molecular flexibility index (Phi) is 7.76. The molecule has 0 aliphatic carbocycles. The second kappa shape index (κ2) is 10.3. The fourth-order valence-corrected chi connectivity index (χ4v) is 2.44. The van der Waals surface area contributed by atoms with Gasteiger partial charge in [-0.1, -0.05) is 18.2 Å². The summed E-state index contributed by atoms with van der Waals surface area (Å²) in [5.41, 5.74) is 1.00. The molecule has 0 unspecified atom stereocenters. The van der Waals surface area contributed by atoms with E-state index in [1.54, 1.807) is 24.3 Å². The van der Waals surface area contributed by atoms with Crippen LogP contribution in [0.4, 0.5) is 4.39 Å². The van der Waals surface area contributed by atoms with Crippen LogP contribution < -0.4 is 15.4 Å². The van der Waals surface area contributed by atoms with Crippen molar-refractivity contribution in [2.24, 2.45) is 0 Å². The van der Waals surface area contributed by atoms with Gasteiger partial charge in [-0.05, 0) is 36.2 Å². The van der Waals surface area contributed by atoms with Crippen molar-refractivity contribution in [3.05, 3.63) is 59.9 Å². The van der Waals surface area contributed by atoms with Gasteiger partial charge in [0, 0.05) is 26.6 Å². The summed E-state index contributed by atoms with van der Waals surface area (Å²) in [4.78, 5) is 23.2. The third-order valence-electron chi connectivity index (χ3n) is 3.70. The first-order valence-electron chi connectivity index (χ1n) is 8.54. The Morgan fingerprint density at radius 3 is 2.48 bits per heavy atom. The monoisotopic (exact) mass is 374 g/mol. The number of hydrogen-bond acceptors (Lipinski definition) is 4. The van der Waals surface area contributed by atoms with Crippen LogP contribution >= 0.6 is 0 Å². The van der Waals surface area contributed by atoms with Crippen molar-refractivity contribution in [1.82, 2.24) is 10.6 Å². The molecule has 27 heavy (non-hydrogen) atoms. The van der Waals surface area contributed by atoms with Gasteiger partial charge in [-0.2, -0.15) is 0 Å². The van der Waals surface area contributed by atoms with Gasteiger partial charge in [-0.15, -0.1) is 0 Å². The molecule has 1 atom stereocenters. The quantitative estimate of drug-likeness (QED) is 0.707. The predicted octanol–water partition coefficient (Wildman–Crippen LogP) is 2.43. The number of ether oxygens (including phenoxy) is 2. The van der Waals surface area contributed by atoms with E-state index in [0.717, 1.165) is 5.56 Å². The Labute approximate surface area is 157 Å². The van der Waals surface area contributed by atoms with E-state index >= 15 is 0 Å². The van der Waals surface area contributed by atoms with Crippen LogP contribution in [-0.4, -0.2) is 38.1 Å². The first kappa shape index (κ1) is 20.4. The van der Waals surface area contributed by atoms with Crippen molar-refractivity contribution < 1.29 is 23.5 Å². The zero-order valence-electron chi connectivity index (χ0n) is 15.3. The lowest BCUT2D eigenvalue weighted by Crippen LogP contribution is -2.49. The topological polar surface area (TPSA) is 76.7 Å². The SMILES string of the molecule is COC[C@@H](NC(C)=O)C(=O)NCCc1ccc(Oc2cccc(F)c2)cc1. The number of rotatable bonds is 9. The average molecular weight is 374 g/mol. The van der Waals surface area contributed by atoms with Gasteiger partial charge < -0.3 is 20.1 Å². The molecule has 0 fully saturated rings. The van der Waals surface area contributed by atoms with E-state index in [1.165, 1.54) is 26.2 Å². The molecule has 0 radical (unpaired) electrons. The van der Waals surface area contributed by atoms with Gasteiger partial charge in [0.25, 0.3) is 0 Å². The van der Waals surface area contributed by atoms with Crippen LogP contribution in [0.15, 0.2) is 48.5 Å². The summed E-state index contributed by atoms with van der Waals surface area (Å²) in [7, 11) is 1.47. The van der Waals surface area contributed by atoms with E-state index in [2.05, 4.69) is 10.6 Å². The maximum atomic E-state index is 13.2. The van der Waals surface area contributed by atoms with Crippen molar-refractivity contribution in [2.45, 2.75) is 19.4 Å². The van der Waals surface area contributed by atoms with Crippen molar-refractivity contribution >= 4 is 11.8 Å². The normalized spacial score (nSPS) is 11.5. The average Bonchev–Trinajstić information content (AvgIpc) is 2.62. The van der Waals surface area contributed by atoms with E-state index in [1.807, 2.05) is 12.1 Å². The molecule has 144 valence electrons. The van der Waals surface area contributed by atoms with E-state index in [9.17, 15) is 14.0 Å². The van der Waals surface area contributed by atoms with Crippen molar-refractivity contribution in [3.63, 3.8) is 0 Å². The lowest BCUT2D eigenvalue weighted by molar-refractivity contribution is -0.129. The largest absolute Gasteiger partial charge is 0.457 e. The van der Waals surface area contributed by atoms with E-state index in [4.69, 9.17) is 9.47 Å². The number of methoxy groups -OCH3 is 1. The molecule has 2 N–H and O–H groups in total. The first-order valence-corrected chi connectivity index (χ1v) is 8.54. The smallest absolute Gasteiger partial charge is 0.244 e. The highest BCUT2D eigenvalue weighted by Crippen LogP contribution is 2.22. The molecule has 0 saturated carbocycles. The molecule has 0 bridgehead atoms. The van der Waals surface area contributed by atoms with Crippen molar-refractivity contribution in [3.8, 4) is 11.5 Å². The molecule has 0 aliphatic heterocycles. The number of halogens is 1. The zero-order valence-corrected chi connectivity index (χ0v) is 15.3. The minimum absolute atomic E-state index is 0.109. The molecule has 0 saturated heterocycles. The minimum Gasteiger partial charge on any atom is -0.457 e. The van der Waals surface area contributed by atoms with Crippen LogP contribution in [0, 0.1) is 5.82 Å². The molecular weight excluding hydrogens is 351 g/mol. The summed E-state index contributed by atoms with van der Waals surface area (Å²) >= 11 is 0. The van der Waals surface area contributed by atoms with Crippen LogP contribution in [0.25, 0.3) is 0 Å². The Hall–Kier alpha value is -2.93. The minimum atomic E-state index is -0.713. The number of carbonyl (C=O) groups excluding carboxylic acids is 2. The third-order valence-corrected chi connectivity index (χ3v) is 3.70. The molecule has 2 amide bonds. The fraction of sp³-hybridized carbons (Fsp3) is 0.300.